The molecule has 172 valence electrons. The van der Waals surface area contributed by atoms with Crippen LogP contribution in [-0.4, -0.2) is 34.5 Å². The van der Waals surface area contributed by atoms with Crippen molar-refractivity contribution in [3.05, 3.63) is 47.5 Å². The topological polar surface area (TPSA) is 66.8 Å². The summed E-state index contributed by atoms with van der Waals surface area (Å²) < 4.78 is 5.15. The average Bonchev–Trinajstić information content (AvgIpc) is 3.32. The number of rotatable bonds is 11. The van der Waals surface area contributed by atoms with E-state index in [-0.39, 0.29) is 30.2 Å². The van der Waals surface area contributed by atoms with Crippen molar-refractivity contribution >= 4 is 5.97 Å². The minimum Gasteiger partial charge on any atom is -0.463 e. The third kappa shape index (κ3) is 7.18. The summed E-state index contributed by atoms with van der Waals surface area (Å²) in [7, 11) is 0. The fourth-order valence-electron chi connectivity index (χ4n) is 5.39. The minimum atomic E-state index is -0.290. The Morgan fingerprint density at radius 3 is 2.55 bits per heavy atom. The molecule has 1 fully saturated rings. The van der Waals surface area contributed by atoms with E-state index in [1.807, 2.05) is 13.8 Å². The Labute approximate surface area is 187 Å². The van der Waals surface area contributed by atoms with Gasteiger partial charge in [-0.1, -0.05) is 36.4 Å². The summed E-state index contributed by atoms with van der Waals surface area (Å²) in [5, 5.41) is 21.3. The molecule has 4 nitrogen and oxygen atoms in total. The predicted molar refractivity (Wildman–Crippen MR) is 124 cm³/mol. The van der Waals surface area contributed by atoms with Gasteiger partial charge in [0.15, 0.2) is 0 Å². The van der Waals surface area contributed by atoms with Crippen LogP contribution in [0.1, 0.15) is 76.3 Å². The lowest BCUT2D eigenvalue weighted by atomic mass is 9.85. The minimum absolute atomic E-state index is 0.0451. The fourth-order valence-corrected chi connectivity index (χ4v) is 5.39. The molecule has 0 amide bonds. The van der Waals surface area contributed by atoms with Crippen LogP contribution in [-0.2, 0) is 22.4 Å². The van der Waals surface area contributed by atoms with Gasteiger partial charge in [0.25, 0.3) is 0 Å². The van der Waals surface area contributed by atoms with Crippen molar-refractivity contribution in [2.75, 3.05) is 0 Å². The Morgan fingerprint density at radius 1 is 1.16 bits per heavy atom. The monoisotopic (exact) mass is 428 g/mol. The molecular formula is C27H40O4. The zero-order valence-corrected chi connectivity index (χ0v) is 19.2. The van der Waals surface area contributed by atoms with Crippen molar-refractivity contribution < 1.29 is 19.7 Å². The summed E-state index contributed by atoms with van der Waals surface area (Å²) in [6.07, 6.45) is 12.5. The second-order valence-electron chi connectivity index (χ2n) is 9.79. The molecule has 4 atom stereocenters. The predicted octanol–water partition coefficient (Wildman–Crippen LogP) is 5.00. The normalized spacial score (nSPS) is 24.7. The van der Waals surface area contributed by atoms with E-state index in [9.17, 15) is 15.0 Å². The molecule has 0 saturated heterocycles. The smallest absolute Gasteiger partial charge is 0.306 e. The van der Waals surface area contributed by atoms with Crippen molar-refractivity contribution in [1.29, 1.82) is 0 Å². The molecule has 0 heterocycles. The zero-order valence-electron chi connectivity index (χ0n) is 19.2. The SMILES string of the molecule is CC(C)OC(=O)CCC/C=C\C[C@H]1CC[C@@H](O)[C@@H]1CC[C@@H](O)C1Cc2ccccc2C1. The molecule has 0 radical (unpaired) electrons. The Hall–Kier alpha value is -1.65. The number of esters is 1. The number of aliphatic hydroxyl groups excluding tert-OH is 2. The maximum Gasteiger partial charge on any atom is 0.306 e. The first-order valence-corrected chi connectivity index (χ1v) is 12.2. The third-order valence-electron chi connectivity index (χ3n) is 7.08. The molecule has 0 aliphatic heterocycles. The van der Waals surface area contributed by atoms with E-state index < -0.39 is 0 Å². The molecule has 3 rings (SSSR count). The largest absolute Gasteiger partial charge is 0.463 e. The van der Waals surface area contributed by atoms with E-state index in [1.165, 1.54) is 11.1 Å². The van der Waals surface area contributed by atoms with Crippen molar-refractivity contribution in [3.63, 3.8) is 0 Å². The third-order valence-corrected chi connectivity index (χ3v) is 7.08. The molecule has 31 heavy (non-hydrogen) atoms. The van der Waals surface area contributed by atoms with Gasteiger partial charge in [0.05, 0.1) is 18.3 Å². The Balaban J connectivity index is 1.37. The highest BCUT2D eigenvalue weighted by atomic mass is 16.5. The first-order valence-electron chi connectivity index (χ1n) is 12.2. The molecule has 2 aliphatic rings. The van der Waals surface area contributed by atoms with Gasteiger partial charge < -0.3 is 14.9 Å². The van der Waals surface area contributed by atoms with Gasteiger partial charge in [0.1, 0.15) is 0 Å². The van der Waals surface area contributed by atoms with Crippen molar-refractivity contribution in [2.45, 2.75) is 96.4 Å². The number of unbranched alkanes of at least 4 members (excludes halogenated alkanes) is 1. The molecule has 1 saturated carbocycles. The maximum absolute atomic E-state index is 11.6. The van der Waals surface area contributed by atoms with E-state index in [1.54, 1.807) is 0 Å². The van der Waals surface area contributed by atoms with Gasteiger partial charge in [-0.25, -0.2) is 0 Å². The first kappa shape index (κ1) is 24.0. The molecule has 0 unspecified atom stereocenters. The summed E-state index contributed by atoms with van der Waals surface area (Å²) in [6, 6.07) is 8.52. The van der Waals surface area contributed by atoms with Crippen LogP contribution in [0.2, 0.25) is 0 Å². The average molecular weight is 429 g/mol. The number of carbonyl (C=O) groups is 1. The molecule has 0 aromatic heterocycles. The molecule has 4 heteroatoms. The van der Waals surface area contributed by atoms with Gasteiger partial charge in [-0.3, -0.25) is 4.79 Å². The number of benzene rings is 1. The van der Waals surface area contributed by atoms with Crippen molar-refractivity contribution in [3.8, 4) is 0 Å². The second-order valence-corrected chi connectivity index (χ2v) is 9.79. The van der Waals surface area contributed by atoms with Crippen LogP contribution >= 0.6 is 0 Å². The van der Waals surface area contributed by atoms with Gasteiger partial charge in [-0.2, -0.15) is 0 Å². The van der Waals surface area contributed by atoms with E-state index in [0.29, 0.717) is 18.3 Å². The van der Waals surface area contributed by atoms with E-state index in [4.69, 9.17) is 4.74 Å². The number of hydrogen-bond acceptors (Lipinski definition) is 4. The van der Waals surface area contributed by atoms with E-state index in [2.05, 4.69) is 36.4 Å². The van der Waals surface area contributed by atoms with Crippen molar-refractivity contribution in [1.82, 2.24) is 0 Å². The molecule has 2 N–H and O–H groups in total. The molecule has 1 aromatic rings. The van der Waals surface area contributed by atoms with Crippen LogP contribution in [0.5, 0.6) is 0 Å². The standard InChI is InChI=1S/C27H40O4/c1-19(2)31-27(30)12-6-4-3-5-9-20-13-15-26(29)24(20)14-16-25(28)23-17-21-10-7-8-11-22(21)18-23/h3,5,7-8,10-11,19-20,23-26,28-29H,4,6,9,12-18H2,1-2H3/b5-3-/t20-,24+,25+,26+/m0/s1. The summed E-state index contributed by atoms with van der Waals surface area (Å²) in [5.74, 6) is 0.970. The van der Waals surface area contributed by atoms with Crippen LogP contribution < -0.4 is 0 Å². The molecule has 0 spiro atoms. The summed E-state index contributed by atoms with van der Waals surface area (Å²) in [4.78, 5) is 11.6. The number of allylic oxidation sites excluding steroid dienone is 2. The lowest BCUT2D eigenvalue weighted by molar-refractivity contribution is -0.147. The van der Waals surface area contributed by atoms with E-state index >= 15 is 0 Å². The lowest BCUT2D eigenvalue weighted by Crippen LogP contribution is -2.25. The highest BCUT2D eigenvalue weighted by Gasteiger charge is 2.35. The van der Waals surface area contributed by atoms with E-state index in [0.717, 1.165) is 57.8 Å². The van der Waals surface area contributed by atoms with Crippen LogP contribution in [0.15, 0.2) is 36.4 Å². The fraction of sp³-hybridized carbons (Fsp3) is 0.667. The Kier molecular flexibility index (Phi) is 9.15. The lowest BCUT2D eigenvalue weighted by Gasteiger charge is -2.24. The van der Waals surface area contributed by atoms with Crippen LogP contribution in [0, 0.1) is 17.8 Å². The van der Waals surface area contributed by atoms with Crippen LogP contribution in [0.4, 0.5) is 0 Å². The van der Waals surface area contributed by atoms with Gasteiger partial charge in [-0.15, -0.1) is 0 Å². The molecule has 0 bridgehead atoms. The van der Waals surface area contributed by atoms with Gasteiger partial charge in [-0.05, 0) is 101 Å². The number of fused-ring (bicyclic) bond motifs is 1. The Morgan fingerprint density at radius 2 is 1.87 bits per heavy atom. The number of aliphatic hydroxyl groups is 2. The number of ether oxygens (including phenoxy) is 1. The molecule has 1 aromatic carbocycles. The number of carbonyl (C=O) groups excluding carboxylic acids is 1. The Bertz CT molecular complexity index is 701. The maximum atomic E-state index is 11.6. The van der Waals surface area contributed by atoms with Gasteiger partial charge >= 0.3 is 5.97 Å². The highest BCUT2D eigenvalue weighted by molar-refractivity contribution is 5.69. The summed E-state index contributed by atoms with van der Waals surface area (Å²) in [5.41, 5.74) is 2.76. The van der Waals surface area contributed by atoms with Crippen molar-refractivity contribution in [2.24, 2.45) is 17.8 Å². The summed E-state index contributed by atoms with van der Waals surface area (Å²) in [6.45, 7) is 3.74. The highest BCUT2D eigenvalue weighted by Crippen LogP contribution is 2.39. The van der Waals surface area contributed by atoms with Gasteiger partial charge in [0, 0.05) is 6.42 Å². The first-order chi connectivity index (χ1) is 14.9. The molecule has 2 aliphatic carbocycles. The van der Waals surface area contributed by atoms with Crippen LogP contribution in [0.25, 0.3) is 0 Å². The summed E-state index contributed by atoms with van der Waals surface area (Å²) >= 11 is 0. The van der Waals surface area contributed by atoms with Crippen LogP contribution in [0.3, 0.4) is 0 Å². The zero-order chi connectivity index (χ0) is 22.2. The number of hydrogen-bond donors (Lipinski definition) is 2. The quantitative estimate of drug-likeness (QED) is 0.296. The molecular weight excluding hydrogens is 388 g/mol. The second kappa shape index (κ2) is 11.8. The van der Waals surface area contributed by atoms with Gasteiger partial charge in [0.2, 0.25) is 0 Å².